The molecular weight excluding hydrogens is 331 g/mol. The quantitative estimate of drug-likeness (QED) is 0.770. The van der Waals surface area contributed by atoms with Crippen molar-refractivity contribution in [3.05, 3.63) is 77.9 Å². The van der Waals surface area contributed by atoms with E-state index in [9.17, 15) is 13.2 Å². The second kappa shape index (κ2) is 5.73. The molecule has 126 valence electrons. The second-order valence-corrected chi connectivity index (χ2v) is 5.50. The summed E-state index contributed by atoms with van der Waals surface area (Å²) < 4.78 is 40.4. The first-order valence-electron chi connectivity index (χ1n) is 7.50. The Morgan fingerprint density at radius 2 is 1.72 bits per heavy atom. The number of allylic oxidation sites excluding steroid dienone is 1. The molecule has 1 unspecified atom stereocenters. The van der Waals surface area contributed by atoms with Gasteiger partial charge < -0.3 is 5.32 Å². The molecule has 3 aromatic rings. The van der Waals surface area contributed by atoms with Crippen LogP contribution in [0.4, 0.5) is 19.1 Å². The number of hydrogen-bond acceptors (Lipinski definition) is 4. The van der Waals surface area contributed by atoms with Gasteiger partial charge in [-0.15, -0.1) is 5.10 Å². The van der Waals surface area contributed by atoms with E-state index in [1.54, 1.807) is 24.5 Å². The lowest BCUT2D eigenvalue weighted by molar-refractivity contribution is -0.145. The molecule has 4 rings (SSSR count). The van der Waals surface area contributed by atoms with Gasteiger partial charge in [0.05, 0.1) is 0 Å². The summed E-state index contributed by atoms with van der Waals surface area (Å²) in [6.45, 7) is 0. The number of aromatic nitrogens is 4. The van der Waals surface area contributed by atoms with Gasteiger partial charge in [-0.25, -0.2) is 4.68 Å². The number of anilines is 1. The largest absolute Gasteiger partial charge is 0.453 e. The maximum Gasteiger partial charge on any atom is 0.453 e. The molecule has 8 heteroatoms. The van der Waals surface area contributed by atoms with E-state index in [2.05, 4.69) is 20.4 Å². The van der Waals surface area contributed by atoms with E-state index in [0.29, 0.717) is 5.70 Å². The van der Waals surface area contributed by atoms with Crippen molar-refractivity contribution in [3.63, 3.8) is 0 Å². The lowest BCUT2D eigenvalue weighted by Gasteiger charge is -2.24. The van der Waals surface area contributed by atoms with Crippen LogP contribution in [-0.4, -0.2) is 19.7 Å². The first-order valence-corrected chi connectivity index (χ1v) is 7.50. The molecule has 0 bridgehead atoms. The van der Waals surface area contributed by atoms with Crippen LogP contribution in [0, 0.1) is 0 Å². The van der Waals surface area contributed by atoms with Gasteiger partial charge in [0.1, 0.15) is 6.04 Å². The van der Waals surface area contributed by atoms with E-state index in [1.807, 2.05) is 36.4 Å². The molecule has 1 aliphatic heterocycles. The van der Waals surface area contributed by atoms with Gasteiger partial charge in [-0.05, 0) is 23.8 Å². The third-order valence-electron chi connectivity index (χ3n) is 3.85. The normalized spacial score (nSPS) is 16.8. The highest BCUT2D eigenvalue weighted by Gasteiger charge is 2.39. The first-order chi connectivity index (χ1) is 12.0. The van der Waals surface area contributed by atoms with Crippen molar-refractivity contribution >= 4 is 11.6 Å². The molecule has 1 aromatic carbocycles. The van der Waals surface area contributed by atoms with Crippen molar-refractivity contribution in [1.82, 2.24) is 19.7 Å². The molecule has 25 heavy (non-hydrogen) atoms. The molecule has 0 fully saturated rings. The van der Waals surface area contributed by atoms with Gasteiger partial charge in [-0.2, -0.15) is 18.2 Å². The zero-order chi connectivity index (χ0) is 17.4. The van der Waals surface area contributed by atoms with Gasteiger partial charge in [0.25, 0.3) is 5.82 Å². The molecule has 0 spiro atoms. The number of rotatable bonds is 2. The zero-order valence-electron chi connectivity index (χ0n) is 12.8. The fourth-order valence-electron chi connectivity index (χ4n) is 2.70. The monoisotopic (exact) mass is 343 g/mol. The molecular formula is C17H12F3N5. The molecule has 0 amide bonds. The topological polar surface area (TPSA) is 55.6 Å². The smallest absolute Gasteiger partial charge is 0.324 e. The molecule has 2 aromatic heterocycles. The average Bonchev–Trinajstić information content (AvgIpc) is 3.07. The van der Waals surface area contributed by atoms with E-state index in [4.69, 9.17) is 0 Å². The number of hydrogen-bond donors (Lipinski definition) is 1. The minimum atomic E-state index is -4.61. The summed E-state index contributed by atoms with van der Waals surface area (Å²) in [6, 6.07) is 12.3. The molecule has 1 N–H and O–H groups in total. The highest BCUT2D eigenvalue weighted by molar-refractivity contribution is 5.76. The number of nitrogens with zero attached hydrogens (tertiary/aromatic N) is 4. The van der Waals surface area contributed by atoms with Crippen LogP contribution in [0.1, 0.15) is 23.0 Å². The average molecular weight is 343 g/mol. The van der Waals surface area contributed by atoms with E-state index in [0.717, 1.165) is 11.1 Å². The predicted molar refractivity (Wildman–Crippen MR) is 85.4 cm³/mol. The van der Waals surface area contributed by atoms with Crippen LogP contribution in [0.5, 0.6) is 0 Å². The zero-order valence-corrected chi connectivity index (χ0v) is 12.8. The molecule has 0 aliphatic carbocycles. The predicted octanol–water partition coefficient (Wildman–Crippen LogP) is 3.75. The van der Waals surface area contributed by atoms with Crippen LogP contribution in [0.15, 0.2) is 60.9 Å². The standard InChI is InChI=1S/C17H12F3N5/c18-17(19,20)15-23-16-22-13(11-6-8-21-9-7-11)10-14(25(16)24-15)12-4-2-1-3-5-12/h1-10,14H,(H,22,23,24). The first kappa shape index (κ1) is 15.4. The molecule has 3 heterocycles. The van der Waals surface area contributed by atoms with Crippen molar-refractivity contribution in [3.8, 4) is 0 Å². The fraction of sp³-hybridized carbons (Fsp3) is 0.118. The Bertz CT molecular complexity index is 916. The number of benzene rings is 1. The molecule has 5 nitrogen and oxygen atoms in total. The van der Waals surface area contributed by atoms with Gasteiger partial charge in [0, 0.05) is 23.7 Å². The summed E-state index contributed by atoms with van der Waals surface area (Å²) in [5, 5.41) is 6.60. The number of alkyl halides is 3. The summed E-state index contributed by atoms with van der Waals surface area (Å²) in [5.74, 6) is -1.12. The highest BCUT2D eigenvalue weighted by atomic mass is 19.4. The summed E-state index contributed by atoms with van der Waals surface area (Å²) in [7, 11) is 0. The van der Waals surface area contributed by atoms with Crippen molar-refractivity contribution in [2.24, 2.45) is 0 Å². The molecule has 0 saturated carbocycles. The Labute approximate surface area is 140 Å². The Morgan fingerprint density at radius 1 is 1.00 bits per heavy atom. The van der Waals surface area contributed by atoms with Crippen LogP contribution in [0.2, 0.25) is 0 Å². The third-order valence-corrected chi connectivity index (χ3v) is 3.85. The number of halogens is 3. The van der Waals surface area contributed by atoms with Crippen molar-refractivity contribution in [2.75, 3.05) is 5.32 Å². The Balaban J connectivity index is 1.84. The summed E-state index contributed by atoms with van der Waals surface area (Å²) in [5.41, 5.74) is 2.28. The van der Waals surface area contributed by atoms with Gasteiger partial charge in [-0.3, -0.25) is 4.98 Å². The maximum absolute atomic E-state index is 13.0. The summed E-state index contributed by atoms with van der Waals surface area (Å²) in [4.78, 5) is 7.59. The van der Waals surface area contributed by atoms with Gasteiger partial charge >= 0.3 is 6.18 Å². The fourth-order valence-corrected chi connectivity index (χ4v) is 2.70. The second-order valence-electron chi connectivity index (χ2n) is 5.50. The van der Waals surface area contributed by atoms with Gasteiger partial charge in [0.15, 0.2) is 0 Å². The van der Waals surface area contributed by atoms with Crippen LogP contribution in [-0.2, 0) is 6.18 Å². The Hall–Kier alpha value is -3.16. The van der Waals surface area contributed by atoms with E-state index >= 15 is 0 Å². The van der Waals surface area contributed by atoms with E-state index < -0.39 is 18.0 Å². The molecule has 1 atom stereocenters. The molecule has 0 saturated heterocycles. The van der Waals surface area contributed by atoms with Crippen LogP contribution in [0.25, 0.3) is 5.70 Å². The SMILES string of the molecule is FC(F)(F)c1nc2n(n1)C(c1ccccc1)C=C(c1ccncc1)N2. The van der Waals surface area contributed by atoms with Crippen LogP contribution >= 0.6 is 0 Å². The minimum absolute atomic E-state index is 0.0514. The molecule has 1 aliphatic rings. The van der Waals surface area contributed by atoms with Crippen molar-refractivity contribution < 1.29 is 13.2 Å². The number of pyridine rings is 1. The molecule has 0 radical (unpaired) electrons. The van der Waals surface area contributed by atoms with Crippen LogP contribution < -0.4 is 5.32 Å². The summed E-state index contributed by atoms with van der Waals surface area (Å²) >= 11 is 0. The maximum atomic E-state index is 13.0. The number of nitrogens with one attached hydrogen (secondary N) is 1. The third kappa shape index (κ3) is 2.86. The Morgan fingerprint density at radius 3 is 2.40 bits per heavy atom. The van der Waals surface area contributed by atoms with Crippen LogP contribution in [0.3, 0.4) is 0 Å². The van der Waals surface area contributed by atoms with Crippen molar-refractivity contribution in [1.29, 1.82) is 0 Å². The van der Waals surface area contributed by atoms with Gasteiger partial charge in [0.2, 0.25) is 5.95 Å². The summed E-state index contributed by atoms with van der Waals surface area (Å²) in [6.07, 6.45) is 0.461. The lowest BCUT2D eigenvalue weighted by Crippen LogP contribution is -2.20. The van der Waals surface area contributed by atoms with Crippen molar-refractivity contribution in [2.45, 2.75) is 12.2 Å². The Kier molecular flexibility index (Phi) is 3.52. The highest BCUT2D eigenvalue weighted by Crippen LogP contribution is 2.35. The number of fused-ring (bicyclic) bond motifs is 1. The minimum Gasteiger partial charge on any atom is -0.324 e. The lowest BCUT2D eigenvalue weighted by atomic mass is 10.0. The van der Waals surface area contributed by atoms with E-state index in [-0.39, 0.29) is 5.95 Å². The van der Waals surface area contributed by atoms with Gasteiger partial charge in [-0.1, -0.05) is 30.3 Å². The van der Waals surface area contributed by atoms with E-state index in [1.165, 1.54) is 4.68 Å².